The van der Waals surface area contributed by atoms with E-state index in [-0.39, 0.29) is 0 Å². The first-order chi connectivity index (χ1) is 5.83. The van der Waals surface area contributed by atoms with Crippen molar-refractivity contribution in [1.29, 1.82) is 0 Å². The molecular formula is C6H11N3O2S. The third-order valence-corrected chi connectivity index (χ3v) is 1.83. The second kappa shape index (κ2) is 5.02. The van der Waals surface area contributed by atoms with E-state index in [9.17, 15) is 5.11 Å². The summed E-state index contributed by atoms with van der Waals surface area (Å²) in [5.74, 6) is 0. The Morgan fingerprint density at radius 3 is 3.25 bits per heavy atom. The quantitative estimate of drug-likeness (QED) is 0.680. The molecule has 0 saturated heterocycles. The van der Waals surface area contributed by atoms with Crippen molar-refractivity contribution in [2.24, 2.45) is 0 Å². The Kier molecular flexibility index (Phi) is 3.92. The summed E-state index contributed by atoms with van der Waals surface area (Å²) in [5.41, 5.74) is 0. The first-order valence-electron chi connectivity index (χ1n) is 3.50. The molecule has 0 saturated carbocycles. The highest BCUT2D eigenvalue weighted by Gasteiger charge is 2.03. The Morgan fingerprint density at radius 2 is 2.67 bits per heavy atom. The number of hydrogen-bond acceptors (Lipinski definition) is 6. The normalized spacial score (nSPS) is 12.8. The molecule has 0 spiro atoms. The average Bonchev–Trinajstić information content (AvgIpc) is 2.53. The van der Waals surface area contributed by atoms with Crippen molar-refractivity contribution < 1.29 is 9.84 Å². The van der Waals surface area contributed by atoms with Gasteiger partial charge < -0.3 is 15.2 Å². The van der Waals surface area contributed by atoms with Crippen LogP contribution < -0.4 is 5.32 Å². The van der Waals surface area contributed by atoms with Crippen molar-refractivity contribution >= 4 is 16.7 Å². The SMILES string of the molecule is COCC(O)CNc1ncns1. The average molecular weight is 189 g/mol. The largest absolute Gasteiger partial charge is 0.389 e. The van der Waals surface area contributed by atoms with Crippen molar-refractivity contribution in [3.8, 4) is 0 Å². The topological polar surface area (TPSA) is 67.3 Å². The molecule has 0 aromatic carbocycles. The Morgan fingerprint density at radius 1 is 1.83 bits per heavy atom. The third kappa shape index (κ3) is 3.12. The Balaban J connectivity index is 2.17. The van der Waals surface area contributed by atoms with Crippen LogP contribution in [0.15, 0.2) is 6.33 Å². The summed E-state index contributed by atoms with van der Waals surface area (Å²) >= 11 is 1.26. The lowest BCUT2D eigenvalue weighted by molar-refractivity contribution is 0.0727. The van der Waals surface area contributed by atoms with Gasteiger partial charge in [0, 0.05) is 25.2 Å². The van der Waals surface area contributed by atoms with Gasteiger partial charge >= 0.3 is 0 Å². The van der Waals surface area contributed by atoms with E-state index in [0.717, 1.165) is 0 Å². The number of anilines is 1. The molecule has 1 rings (SSSR count). The lowest BCUT2D eigenvalue weighted by Gasteiger charge is -2.08. The van der Waals surface area contributed by atoms with Crippen LogP contribution in [0.2, 0.25) is 0 Å². The molecule has 0 radical (unpaired) electrons. The van der Waals surface area contributed by atoms with Crippen LogP contribution in [0.3, 0.4) is 0 Å². The van der Waals surface area contributed by atoms with Crippen LogP contribution in [-0.4, -0.2) is 40.8 Å². The molecule has 0 fully saturated rings. The number of aliphatic hydroxyl groups excluding tert-OH is 1. The molecule has 1 aromatic rings. The highest BCUT2D eigenvalue weighted by atomic mass is 32.1. The Hall–Kier alpha value is -0.720. The van der Waals surface area contributed by atoms with Gasteiger partial charge in [-0.05, 0) is 0 Å². The number of rotatable bonds is 5. The number of ether oxygens (including phenoxy) is 1. The van der Waals surface area contributed by atoms with Gasteiger partial charge in [-0.3, -0.25) is 0 Å². The summed E-state index contributed by atoms with van der Waals surface area (Å²) in [4.78, 5) is 3.89. The lowest BCUT2D eigenvalue weighted by Crippen LogP contribution is -2.23. The lowest BCUT2D eigenvalue weighted by atomic mass is 10.4. The fraction of sp³-hybridized carbons (Fsp3) is 0.667. The van der Waals surface area contributed by atoms with Crippen LogP contribution in [0.4, 0.5) is 5.13 Å². The monoisotopic (exact) mass is 189 g/mol. The summed E-state index contributed by atoms with van der Waals surface area (Å²) in [6.07, 6.45) is 0.967. The van der Waals surface area contributed by atoms with Crippen LogP contribution in [0.5, 0.6) is 0 Å². The van der Waals surface area contributed by atoms with Crippen molar-refractivity contribution in [3.63, 3.8) is 0 Å². The molecule has 2 N–H and O–H groups in total. The summed E-state index contributed by atoms with van der Waals surface area (Å²) in [6.45, 7) is 0.759. The standard InChI is InChI=1S/C6H11N3O2S/c1-11-3-5(10)2-7-6-8-4-9-12-6/h4-5,10H,2-3H2,1H3,(H,7,8,9). The van der Waals surface area contributed by atoms with Gasteiger partial charge in [-0.15, -0.1) is 0 Å². The van der Waals surface area contributed by atoms with E-state index in [0.29, 0.717) is 18.3 Å². The fourth-order valence-electron chi connectivity index (χ4n) is 0.707. The van der Waals surface area contributed by atoms with Gasteiger partial charge in [-0.25, -0.2) is 4.98 Å². The van der Waals surface area contributed by atoms with Gasteiger partial charge in [0.2, 0.25) is 5.13 Å². The molecule has 0 aliphatic rings. The smallest absolute Gasteiger partial charge is 0.202 e. The van der Waals surface area contributed by atoms with E-state index >= 15 is 0 Å². The molecule has 5 nitrogen and oxygen atoms in total. The van der Waals surface area contributed by atoms with Gasteiger partial charge in [-0.2, -0.15) is 4.37 Å². The van der Waals surface area contributed by atoms with Crippen molar-refractivity contribution in [3.05, 3.63) is 6.33 Å². The highest BCUT2D eigenvalue weighted by molar-refractivity contribution is 7.09. The van der Waals surface area contributed by atoms with Crippen molar-refractivity contribution in [2.45, 2.75) is 6.10 Å². The molecule has 68 valence electrons. The number of nitrogens with one attached hydrogen (secondary N) is 1. The second-order valence-electron chi connectivity index (χ2n) is 2.24. The summed E-state index contributed by atoms with van der Waals surface area (Å²) in [5, 5.41) is 12.9. The fourth-order valence-corrected chi connectivity index (χ4v) is 1.14. The van der Waals surface area contributed by atoms with Crippen molar-refractivity contribution in [1.82, 2.24) is 9.36 Å². The molecule has 0 bridgehead atoms. The minimum absolute atomic E-state index is 0.325. The van der Waals surface area contributed by atoms with Gasteiger partial charge in [0.05, 0.1) is 12.7 Å². The molecular weight excluding hydrogens is 178 g/mol. The zero-order valence-corrected chi connectivity index (χ0v) is 7.54. The number of aromatic nitrogens is 2. The summed E-state index contributed by atoms with van der Waals surface area (Å²) in [7, 11) is 1.55. The molecule has 1 aromatic heterocycles. The third-order valence-electron chi connectivity index (χ3n) is 1.21. The number of aliphatic hydroxyl groups is 1. The maximum Gasteiger partial charge on any atom is 0.202 e. The van der Waals surface area contributed by atoms with Crippen LogP contribution >= 0.6 is 11.5 Å². The zero-order valence-electron chi connectivity index (χ0n) is 6.73. The van der Waals surface area contributed by atoms with E-state index in [1.54, 1.807) is 7.11 Å². The van der Waals surface area contributed by atoms with E-state index in [4.69, 9.17) is 4.74 Å². The number of hydrogen-bond donors (Lipinski definition) is 2. The van der Waals surface area contributed by atoms with Crippen LogP contribution in [0.25, 0.3) is 0 Å². The van der Waals surface area contributed by atoms with Gasteiger partial charge in [0.15, 0.2) is 0 Å². The number of nitrogens with zero attached hydrogens (tertiary/aromatic N) is 2. The Bertz CT molecular complexity index is 205. The van der Waals surface area contributed by atoms with Crippen molar-refractivity contribution in [2.75, 3.05) is 25.6 Å². The van der Waals surface area contributed by atoms with Crippen LogP contribution in [-0.2, 0) is 4.74 Å². The molecule has 12 heavy (non-hydrogen) atoms. The van der Waals surface area contributed by atoms with Crippen LogP contribution in [0.1, 0.15) is 0 Å². The molecule has 0 amide bonds. The van der Waals surface area contributed by atoms with Gasteiger partial charge in [-0.1, -0.05) is 0 Å². The summed E-state index contributed by atoms with van der Waals surface area (Å²) < 4.78 is 8.55. The number of methoxy groups -OCH3 is 1. The highest BCUT2D eigenvalue weighted by Crippen LogP contribution is 2.05. The van der Waals surface area contributed by atoms with E-state index in [1.807, 2.05) is 0 Å². The Labute approximate surface area is 74.6 Å². The first-order valence-corrected chi connectivity index (χ1v) is 4.28. The predicted molar refractivity (Wildman–Crippen MR) is 46.3 cm³/mol. The van der Waals surface area contributed by atoms with Crippen LogP contribution in [0, 0.1) is 0 Å². The minimum atomic E-state index is -0.501. The zero-order chi connectivity index (χ0) is 8.81. The molecule has 6 heteroatoms. The molecule has 1 unspecified atom stereocenters. The van der Waals surface area contributed by atoms with E-state index in [1.165, 1.54) is 17.9 Å². The van der Waals surface area contributed by atoms with Gasteiger partial charge in [0.1, 0.15) is 6.33 Å². The molecule has 1 atom stereocenters. The predicted octanol–water partition coefficient (Wildman–Crippen LogP) is -0.0427. The first kappa shape index (κ1) is 9.37. The van der Waals surface area contributed by atoms with E-state index < -0.39 is 6.10 Å². The molecule has 0 aliphatic carbocycles. The maximum absolute atomic E-state index is 9.22. The maximum atomic E-state index is 9.22. The van der Waals surface area contributed by atoms with E-state index in [2.05, 4.69) is 14.7 Å². The van der Waals surface area contributed by atoms with Gasteiger partial charge in [0.25, 0.3) is 0 Å². The molecule has 1 heterocycles. The molecule has 0 aliphatic heterocycles. The minimum Gasteiger partial charge on any atom is -0.389 e. The summed E-state index contributed by atoms with van der Waals surface area (Å²) in [6, 6.07) is 0. The second-order valence-corrected chi connectivity index (χ2v) is 3.02.